The molecule has 7 heteroatoms. The molecule has 0 fully saturated rings. The summed E-state index contributed by atoms with van der Waals surface area (Å²) in [6.07, 6.45) is 3.49. The van der Waals surface area contributed by atoms with Crippen molar-refractivity contribution in [2.24, 2.45) is 0 Å². The molecule has 0 spiro atoms. The Kier molecular flexibility index (Phi) is 9.74. The summed E-state index contributed by atoms with van der Waals surface area (Å²) in [5, 5.41) is 13.2. The summed E-state index contributed by atoms with van der Waals surface area (Å²) in [4.78, 5) is 22.9. The molecule has 0 heterocycles. The fourth-order valence-electron chi connectivity index (χ4n) is 2.05. The average molecular weight is 349 g/mol. The highest BCUT2D eigenvalue weighted by atomic mass is 16.5. The molecule has 1 amide bonds. The molecule has 0 radical (unpaired) electrons. The van der Waals surface area contributed by atoms with Crippen molar-refractivity contribution in [3.63, 3.8) is 0 Å². The number of unbranched alkanes of at least 4 members (excludes halogenated alkanes) is 3. The van der Waals surface area contributed by atoms with Crippen LogP contribution in [-0.2, 0) is 14.3 Å². The Bertz CT molecular complexity index is 558. The third kappa shape index (κ3) is 8.74. The van der Waals surface area contributed by atoms with Gasteiger partial charge in [-0.05, 0) is 37.6 Å². The van der Waals surface area contributed by atoms with Gasteiger partial charge in [0.15, 0.2) is 0 Å². The zero-order chi connectivity index (χ0) is 18.5. The van der Waals surface area contributed by atoms with Gasteiger partial charge in [-0.1, -0.05) is 26.2 Å². The highest BCUT2D eigenvalue weighted by Crippen LogP contribution is 2.09. The largest absolute Gasteiger partial charge is 0.465 e. The number of rotatable bonds is 10. The van der Waals surface area contributed by atoms with Gasteiger partial charge in [-0.2, -0.15) is 0 Å². The van der Waals surface area contributed by atoms with Crippen molar-refractivity contribution >= 4 is 23.6 Å². The van der Waals surface area contributed by atoms with Crippen LogP contribution in [0.4, 0.5) is 10.5 Å². The fourth-order valence-corrected chi connectivity index (χ4v) is 2.05. The fraction of sp³-hybridized carbons (Fsp3) is 0.500. The van der Waals surface area contributed by atoms with Crippen molar-refractivity contribution in [2.75, 3.05) is 25.1 Å². The second kappa shape index (κ2) is 11.9. The number of amidine groups is 1. The van der Waals surface area contributed by atoms with Crippen LogP contribution in [0.2, 0.25) is 0 Å². The highest BCUT2D eigenvalue weighted by molar-refractivity contribution is 6.04. The van der Waals surface area contributed by atoms with E-state index in [-0.39, 0.29) is 18.3 Å². The number of esters is 1. The molecule has 0 saturated heterocycles. The van der Waals surface area contributed by atoms with Crippen LogP contribution in [0.25, 0.3) is 0 Å². The first-order valence-electron chi connectivity index (χ1n) is 8.59. The van der Waals surface area contributed by atoms with Crippen molar-refractivity contribution in [3.8, 4) is 0 Å². The van der Waals surface area contributed by atoms with Crippen LogP contribution in [0.1, 0.15) is 45.1 Å². The summed E-state index contributed by atoms with van der Waals surface area (Å²) < 4.78 is 9.86. The van der Waals surface area contributed by atoms with Crippen LogP contribution >= 0.6 is 0 Å². The van der Waals surface area contributed by atoms with E-state index in [1.165, 1.54) is 0 Å². The summed E-state index contributed by atoms with van der Waals surface area (Å²) in [7, 11) is 0. The van der Waals surface area contributed by atoms with Gasteiger partial charge in [0.05, 0.1) is 13.2 Å². The van der Waals surface area contributed by atoms with Gasteiger partial charge >= 0.3 is 12.1 Å². The number of hydrogen-bond acceptors (Lipinski definition) is 6. The van der Waals surface area contributed by atoms with Crippen LogP contribution in [0.3, 0.4) is 0 Å². The van der Waals surface area contributed by atoms with Gasteiger partial charge < -0.3 is 14.8 Å². The molecule has 1 rings (SSSR count). The predicted octanol–water partition coefficient (Wildman–Crippen LogP) is 3.29. The number of hydrogen-bond donors (Lipinski definition) is 3. The van der Waals surface area contributed by atoms with E-state index in [0.29, 0.717) is 18.8 Å². The number of carbonyl (C=O) groups excluding carboxylic acids is 2. The molecule has 0 aliphatic carbocycles. The first kappa shape index (κ1) is 20.5. The number of carbonyl (C=O) groups is 2. The molecule has 0 aliphatic heterocycles. The van der Waals surface area contributed by atoms with Crippen LogP contribution in [0.5, 0.6) is 0 Å². The molecule has 0 aliphatic rings. The Balaban J connectivity index is 2.35. The average Bonchev–Trinajstić information content (AvgIpc) is 2.60. The van der Waals surface area contributed by atoms with Gasteiger partial charge in [0.1, 0.15) is 12.4 Å². The minimum atomic E-state index is -0.619. The van der Waals surface area contributed by atoms with Crippen LogP contribution in [0.15, 0.2) is 24.3 Å². The van der Waals surface area contributed by atoms with E-state index in [1.807, 2.05) is 0 Å². The Morgan fingerprint density at radius 1 is 1.04 bits per heavy atom. The van der Waals surface area contributed by atoms with Crippen molar-refractivity contribution in [1.29, 1.82) is 5.41 Å². The van der Waals surface area contributed by atoms with Crippen molar-refractivity contribution in [1.82, 2.24) is 5.32 Å². The summed E-state index contributed by atoms with van der Waals surface area (Å²) in [5.41, 5.74) is 1.27. The molecule has 0 unspecified atom stereocenters. The normalized spacial score (nSPS) is 10.0. The Labute approximate surface area is 148 Å². The van der Waals surface area contributed by atoms with E-state index < -0.39 is 6.09 Å². The topological polar surface area (TPSA) is 101 Å². The second-order valence-electron chi connectivity index (χ2n) is 5.43. The van der Waals surface area contributed by atoms with Crippen LogP contribution < -0.4 is 10.6 Å². The Morgan fingerprint density at radius 2 is 1.76 bits per heavy atom. The number of nitrogens with one attached hydrogen (secondary N) is 3. The molecule has 0 bridgehead atoms. The SMILES string of the molecule is CCCCCCOC(=O)NC(=N)c1ccc(NCC(=O)OCC)cc1. The van der Waals surface area contributed by atoms with E-state index in [1.54, 1.807) is 31.2 Å². The van der Waals surface area contributed by atoms with Gasteiger partial charge in [0.2, 0.25) is 0 Å². The predicted molar refractivity (Wildman–Crippen MR) is 97.0 cm³/mol. The second-order valence-corrected chi connectivity index (χ2v) is 5.43. The first-order valence-corrected chi connectivity index (χ1v) is 8.59. The maximum Gasteiger partial charge on any atom is 0.412 e. The van der Waals surface area contributed by atoms with Gasteiger partial charge in [-0.3, -0.25) is 15.5 Å². The number of anilines is 1. The number of alkyl carbamates (subject to hydrolysis) is 1. The molecule has 0 aromatic heterocycles. The molecular formula is C18H27N3O4. The zero-order valence-electron chi connectivity index (χ0n) is 14.9. The third-order valence-corrected chi connectivity index (χ3v) is 3.37. The molecule has 7 nitrogen and oxygen atoms in total. The summed E-state index contributed by atoms with van der Waals surface area (Å²) >= 11 is 0. The van der Waals surface area contributed by atoms with Crippen LogP contribution in [-0.4, -0.2) is 37.7 Å². The maximum absolute atomic E-state index is 11.6. The van der Waals surface area contributed by atoms with E-state index in [9.17, 15) is 9.59 Å². The molecule has 0 saturated carbocycles. The molecule has 3 N–H and O–H groups in total. The zero-order valence-corrected chi connectivity index (χ0v) is 14.9. The van der Waals surface area contributed by atoms with E-state index in [4.69, 9.17) is 14.9 Å². The molecule has 1 aromatic rings. The lowest BCUT2D eigenvalue weighted by Gasteiger charge is -2.09. The van der Waals surface area contributed by atoms with E-state index >= 15 is 0 Å². The van der Waals surface area contributed by atoms with E-state index in [2.05, 4.69) is 17.6 Å². The van der Waals surface area contributed by atoms with Crippen molar-refractivity contribution in [3.05, 3.63) is 29.8 Å². The smallest absolute Gasteiger partial charge is 0.412 e. The number of amides is 1. The first-order chi connectivity index (χ1) is 12.1. The van der Waals surface area contributed by atoms with Crippen molar-refractivity contribution < 1.29 is 19.1 Å². The number of benzene rings is 1. The minimum Gasteiger partial charge on any atom is -0.465 e. The van der Waals surface area contributed by atoms with Gasteiger partial charge in [0, 0.05) is 11.3 Å². The standard InChI is InChI=1S/C18H27N3O4/c1-3-5-6-7-12-25-18(23)21-17(19)14-8-10-15(11-9-14)20-13-16(22)24-4-2/h8-11,20H,3-7,12-13H2,1-2H3,(H2,19,21,23). The van der Waals surface area contributed by atoms with E-state index in [0.717, 1.165) is 31.4 Å². The lowest BCUT2D eigenvalue weighted by Crippen LogP contribution is -2.31. The van der Waals surface area contributed by atoms with Gasteiger partial charge in [0.25, 0.3) is 0 Å². The lowest BCUT2D eigenvalue weighted by molar-refractivity contribution is -0.140. The van der Waals surface area contributed by atoms with Gasteiger partial charge in [-0.15, -0.1) is 0 Å². The molecule has 1 aromatic carbocycles. The Morgan fingerprint density at radius 3 is 2.40 bits per heavy atom. The maximum atomic E-state index is 11.6. The quantitative estimate of drug-likeness (QED) is 0.260. The summed E-state index contributed by atoms with van der Waals surface area (Å²) in [6, 6.07) is 6.80. The Hall–Kier alpha value is -2.57. The number of ether oxygens (including phenoxy) is 2. The minimum absolute atomic E-state index is 0.0319. The lowest BCUT2D eigenvalue weighted by atomic mass is 10.2. The molecule has 138 valence electrons. The molecule has 25 heavy (non-hydrogen) atoms. The monoisotopic (exact) mass is 349 g/mol. The molecule has 0 atom stereocenters. The van der Waals surface area contributed by atoms with Gasteiger partial charge in [-0.25, -0.2) is 4.79 Å². The van der Waals surface area contributed by atoms with Crippen molar-refractivity contribution in [2.45, 2.75) is 39.5 Å². The highest BCUT2D eigenvalue weighted by Gasteiger charge is 2.08. The van der Waals surface area contributed by atoms with Crippen LogP contribution in [0, 0.1) is 5.41 Å². The molecular weight excluding hydrogens is 322 g/mol. The summed E-state index contributed by atoms with van der Waals surface area (Å²) in [5.74, 6) is -0.363. The third-order valence-electron chi connectivity index (χ3n) is 3.37. The summed E-state index contributed by atoms with van der Waals surface area (Å²) in [6.45, 7) is 4.65.